The molecule has 5 rings (SSSR count). The Morgan fingerprint density at radius 1 is 1.06 bits per heavy atom. The molecule has 192 valence electrons. The van der Waals surface area contributed by atoms with E-state index in [1.165, 1.54) is 7.11 Å². The van der Waals surface area contributed by atoms with Crippen LogP contribution in [0.5, 0.6) is 5.75 Å². The van der Waals surface area contributed by atoms with Gasteiger partial charge in [0.2, 0.25) is 0 Å². The van der Waals surface area contributed by atoms with E-state index in [-0.39, 0.29) is 18.1 Å². The van der Waals surface area contributed by atoms with Crippen molar-refractivity contribution in [3.63, 3.8) is 0 Å². The molecule has 0 radical (unpaired) electrons. The van der Waals surface area contributed by atoms with Crippen LogP contribution in [0.25, 0.3) is 0 Å². The third-order valence-electron chi connectivity index (χ3n) is 8.24. The highest BCUT2D eigenvalue weighted by Gasteiger charge is 2.60. The monoisotopic (exact) mass is 490 g/mol. The molecule has 10 unspecified atom stereocenters. The van der Waals surface area contributed by atoms with Gasteiger partial charge in [-0.05, 0) is 43.7 Å². The van der Waals surface area contributed by atoms with Crippen molar-refractivity contribution < 1.29 is 44.5 Å². The first-order valence-electron chi connectivity index (χ1n) is 12.3. The van der Waals surface area contributed by atoms with Gasteiger partial charge in [0.1, 0.15) is 35.8 Å². The minimum Gasteiger partial charge on any atom is -0.496 e. The number of rotatable bonds is 3. The van der Waals surface area contributed by atoms with Crippen molar-refractivity contribution in [1.29, 1.82) is 0 Å². The second-order valence-corrected chi connectivity index (χ2v) is 10.5. The molecule has 3 aliphatic carbocycles. The second-order valence-electron chi connectivity index (χ2n) is 10.5. The van der Waals surface area contributed by atoms with E-state index in [0.29, 0.717) is 35.3 Å². The van der Waals surface area contributed by atoms with Crippen LogP contribution in [0.15, 0.2) is 29.3 Å². The molecule has 1 aromatic rings. The van der Waals surface area contributed by atoms with Crippen LogP contribution in [0.4, 0.5) is 0 Å². The summed E-state index contributed by atoms with van der Waals surface area (Å²) in [6.07, 6.45) is -7.13. The van der Waals surface area contributed by atoms with Crippen molar-refractivity contribution in [1.82, 2.24) is 0 Å². The van der Waals surface area contributed by atoms with Gasteiger partial charge < -0.3 is 39.7 Å². The summed E-state index contributed by atoms with van der Waals surface area (Å²) in [7, 11) is 1.47. The maximum absolute atomic E-state index is 13.2. The van der Waals surface area contributed by atoms with Gasteiger partial charge in [0, 0.05) is 23.5 Å². The highest BCUT2D eigenvalue weighted by Crippen LogP contribution is 2.59. The van der Waals surface area contributed by atoms with Crippen LogP contribution >= 0.6 is 0 Å². The Morgan fingerprint density at radius 2 is 1.80 bits per heavy atom. The molecule has 0 bridgehead atoms. The number of allylic oxidation sites excluding steroid dienone is 1. The topological polar surface area (TPSA) is 146 Å². The van der Waals surface area contributed by atoms with Crippen LogP contribution < -0.4 is 4.74 Å². The lowest BCUT2D eigenvalue weighted by atomic mass is 9.57. The van der Waals surface area contributed by atoms with Crippen LogP contribution in [0.1, 0.15) is 62.9 Å². The number of aliphatic hydroxyl groups is 5. The number of Topliss-reactive ketones (excluding diaryl/α,β-unsaturated/α-hetero) is 1. The molecule has 0 aromatic heterocycles. The molecule has 0 amide bonds. The Labute approximate surface area is 203 Å². The van der Waals surface area contributed by atoms with Crippen LogP contribution in [-0.2, 0) is 14.3 Å². The van der Waals surface area contributed by atoms with Crippen molar-refractivity contribution in [2.24, 2.45) is 11.8 Å². The highest BCUT2D eigenvalue weighted by molar-refractivity contribution is 5.98. The van der Waals surface area contributed by atoms with Gasteiger partial charge in [0.25, 0.3) is 0 Å². The van der Waals surface area contributed by atoms with Crippen LogP contribution in [0, 0.1) is 11.8 Å². The number of hydrogen-bond acceptors (Lipinski definition) is 9. The number of aliphatic hydroxyl groups excluding tert-OH is 4. The summed E-state index contributed by atoms with van der Waals surface area (Å²) in [6.45, 7) is 3.57. The van der Waals surface area contributed by atoms with Crippen molar-refractivity contribution >= 4 is 5.78 Å². The zero-order valence-electron chi connectivity index (χ0n) is 20.1. The number of methoxy groups -OCH3 is 1. The third kappa shape index (κ3) is 3.76. The minimum absolute atomic E-state index is 0.0767. The van der Waals surface area contributed by atoms with Gasteiger partial charge in [0.05, 0.1) is 19.3 Å². The summed E-state index contributed by atoms with van der Waals surface area (Å²) in [6, 6.07) is 5.12. The largest absolute Gasteiger partial charge is 0.496 e. The summed E-state index contributed by atoms with van der Waals surface area (Å²) in [5, 5.41) is 54.8. The van der Waals surface area contributed by atoms with E-state index in [9.17, 15) is 30.3 Å². The van der Waals surface area contributed by atoms with E-state index >= 15 is 0 Å². The number of ketones is 1. The summed E-state index contributed by atoms with van der Waals surface area (Å²) in [5.74, 6) is -0.426. The maximum atomic E-state index is 13.2. The Kier molecular flexibility index (Phi) is 6.32. The SMILES string of the molecule is COc1cccc2c1C(OC1OC(C)C(O)C(O)C1O)C1(O)CCC3=C(C(=O)CC(C)C3)C1C2O. The predicted octanol–water partition coefficient (Wildman–Crippen LogP) is 1.06. The van der Waals surface area contributed by atoms with Gasteiger partial charge in [-0.2, -0.15) is 0 Å². The fraction of sp³-hybridized carbons (Fsp3) is 0.654. The Hall–Kier alpha value is -1.85. The zero-order valence-corrected chi connectivity index (χ0v) is 20.1. The smallest absolute Gasteiger partial charge is 0.187 e. The molecule has 35 heavy (non-hydrogen) atoms. The number of fused-ring (bicyclic) bond motifs is 3. The molecule has 4 aliphatic rings. The van der Waals surface area contributed by atoms with Gasteiger partial charge in [-0.15, -0.1) is 0 Å². The van der Waals surface area contributed by atoms with Gasteiger partial charge in [-0.25, -0.2) is 0 Å². The van der Waals surface area contributed by atoms with Crippen molar-refractivity contribution in [2.45, 2.75) is 88.0 Å². The first-order chi connectivity index (χ1) is 16.6. The van der Waals surface area contributed by atoms with E-state index in [2.05, 4.69) is 0 Å². The van der Waals surface area contributed by atoms with Crippen LogP contribution in [0.3, 0.4) is 0 Å². The number of benzene rings is 1. The summed E-state index contributed by atoms with van der Waals surface area (Å²) in [5.41, 5.74) is 0.604. The lowest BCUT2D eigenvalue weighted by molar-refractivity contribution is -0.326. The molecule has 10 atom stereocenters. The standard InChI is InChI=1S/C26H34O9/c1-11-9-13-7-8-26(32)19(17(13)15(27)10-11)21(29)14-5-4-6-16(33-3)18(14)24(26)35-25-23(31)22(30)20(28)12(2)34-25/h4-6,11-12,19-25,28-32H,7-10H2,1-3H3. The van der Waals surface area contributed by atoms with Gasteiger partial charge >= 0.3 is 0 Å². The summed E-state index contributed by atoms with van der Waals surface area (Å²) >= 11 is 0. The lowest BCUT2D eigenvalue weighted by Gasteiger charge is -2.54. The third-order valence-corrected chi connectivity index (χ3v) is 8.24. The highest BCUT2D eigenvalue weighted by atomic mass is 16.7. The molecule has 1 heterocycles. The number of carbonyl (C=O) groups is 1. The molecule has 9 nitrogen and oxygen atoms in total. The van der Waals surface area contributed by atoms with Gasteiger partial charge in [0.15, 0.2) is 12.1 Å². The fourth-order valence-electron chi connectivity index (χ4n) is 6.49. The van der Waals surface area contributed by atoms with Gasteiger partial charge in [-0.1, -0.05) is 24.6 Å². The van der Waals surface area contributed by atoms with E-state index in [0.717, 1.165) is 12.0 Å². The molecule has 9 heteroatoms. The summed E-state index contributed by atoms with van der Waals surface area (Å²) in [4.78, 5) is 13.2. The summed E-state index contributed by atoms with van der Waals surface area (Å²) < 4.78 is 17.5. The quantitative estimate of drug-likeness (QED) is 0.420. The van der Waals surface area contributed by atoms with Crippen molar-refractivity contribution in [2.75, 3.05) is 7.11 Å². The zero-order chi connectivity index (χ0) is 25.2. The Bertz CT molecular complexity index is 1040. The minimum atomic E-state index is -1.70. The van der Waals surface area contributed by atoms with Gasteiger partial charge in [-0.3, -0.25) is 4.79 Å². The molecule has 1 fully saturated rings. The second kappa shape index (κ2) is 8.92. The fourth-order valence-corrected chi connectivity index (χ4v) is 6.49. The van der Waals surface area contributed by atoms with Crippen LogP contribution in [0.2, 0.25) is 0 Å². The molecule has 5 N–H and O–H groups in total. The maximum Gasteiger partial charge on any atom is 0.187 e. The van der Waals surface area contributed by atoms with E-state index in [1.54, 1.807) is 25.1 Å². The molecule has 0 saturated carbocycles. The molecule has 0 spiro atoms. The number of carbonyl (C=O) groups excluding carboxylic acids is 1. The number of hydrogen-bond donors (Lipinski definition) is 5. The molecular formula is C26H34O9. The predicted molar refractivity (Wildman–Crippen MR) is 122 cm³/mol. The Morgan fingerprint density at radius 3 is 2.51 bits per heavy atom. The van der Waals surface area contributed by atoms with E-state index in [4.69, 9.17) is 14.2 Å². The normalized spacial score (nSPS) is 43.3. The van der Waals surface area contributed by atoms with E-state index < -0.39 is 54.4 Å². The molecule has 1 aromatic carbocycles. The molecule has 1 saturated heterocycles. The average molecular weight is 491 g/mol. The van der Waals surface area contributed by atoms with E-state index in [1.807, 2.05) is 6.92 Å². The van der Waals surface area contributed by atoms with Crippen LogP contribution in [-0.4, -0.2) is 74.7 Å². The van der Waals surface area contributed by atoms with Crippen molar-refractivity contribution in [3.8, 4) is 5.75 Å². The first kappa shape index (κ1) is 24.8. The first-order valence-corrected chi connectivity index (χ1v) is 12.3. The lowest BCUT2D eigenvalue weighted by Crippen LogP contribution is -2.60. The Balaban J connectivity index is 1.64. The number of ether oxygens (including phenoxy) is 3. The molecular weight excluding hydrogens is 456 g/mol. The average Bonchev–Trinajstić information content (AvgIpc) is 2.83. The van der Waals surface area contributed by atoms with Crippen molar-refractivity contribution in [3.05, 3.63) is 40.5 Å². The molecule has 1 aliphatic heterocycles.